The smallest absolute Gasteiger partial charge is 0.338 e. The molecule has 1 aliphatic rings. The van der Waals surface area contributed by atoms with Crippen LogP contribution in [0.4, 0.5) is 0 Å². The van der Waals surface area contributed by atoms with Gasteiger partial charge in [0.05, 0.1) is 11.3 Å². The Morgan fingerprint density at radius 1 is 1.35 bits per heavy atom. The van der Waals surface area contributed by atoms with Crippen LogP contribution >= 0.6 is 11.8 Å². The highest BCUT2D eigenvalue weighted by Gasteiger charge is 2.29. The molecule has 0 saturated carbocycles. The third-order valence-corrected chi connectivity index (χ3v) is 3.74. The van der Waals surface area contributed by atoms with E-state index in [4.69, 9.17) is 14.2 Å². The molecule has 0 spiro atoms. The Morgan fingerprint density at radius 2 is 2.05 bits per heavy atom. The van der Waals surface area contributed by atoms with E-state index in [9.17, 15) is 9.59 Å². The lowest BCUT2D eigenvalue weighted by Gasteiger charge is -2.12. The fourth-order valence-electron chi connectivity index (χ4n) is 1.68. The first-order valence-corrected chi connectivity index (χ1v) is 7.27. The lowest BCUT2D eigenvalue weighted by molar-refractivity contribution is -0.172. The van der Waals surface area contributed by atoms with Crippen molar-refractivity contribution >= 4 is 23.7 Å². The second-order valence-corrected chi connectivity index (χ2v) is 5.59. The molecule has 1 aliphatic heterocycles. The summed E-state index contributed by atoms with van der Waals surface area (Å²) in [4.78, 5) is 22.6. The minimum atomic E-state index is -0.555. The number of hydrogen-bond donors (Lipinski definition) is 0. The van der Waals surface area contributed by atoms with Crippen LogP contribution in [0.5, 0.6) is 0 Å². The van der Waals surface area contributed by atoms with E-state index in [1.807, 2.05) is 19.1 Å². The molecule has 2 unspecified atom stereocenters. The highest BCUT2D eigenvalue weighted by Crippen LogP contribution is 2.26. The Hall–Kier alpha value is -1.53. The summed E-state index contributed by atoms with van der Waals surface area (Å²) in [5.41, 5.74) is 1.30. The predicted molar refractivity (Wildman–Crippen MR) is 74.3 cm³/mol. The first-order valence-electron chi connectivity index (χ1n) is 6.22. The van der Waals surface area contributed by atoms with Crippen molar-refractivity contribution in [1.82, 2.24) is 0 Å². The second-order valence-electron chi connectivity index (χ2n) is 4.40. The normalized spacial score (nSPS) is 21.5. The summed E-state index contributed by atoms with van der Waals surface area (Å²) < 4.78 is 15.5. The summed E-state index contributed by atoms with van der Waals surface area (Å²) in [5, 5.41) is 0. The quantitative estimate of drug-likeness (QED) is 0.793. The van der Waals surface area contributed by atoms with E-state index in [0.29, 0.717) is 11.3 Å². The van der Waals surface area contributed by atoms with Crippen molar-refractivity contribution in [3.8, 4) is 0 Å². The SMILES string of the molecule is CC(=O)OC1CSC(COC(=O)c2ccc(C)cc2)O1. The average Bonchev–Trinajstić information content (AvgIpc) is 2.83. The summed E-state index contributed by atoms with van der Waals surface area (Å²) in [5.74, 6) is -0.218. The van der Waals surface area contributed by atoms with Gasteiger partial charge in [-0.25, -0.2) is 4.79 Å². The molecular weight excluding hydrogens is 280 g/mol. The fourth-order valence-corrected chi connectivity index (χ4v) is 2.57. The number of carbonyl (C=O) groups is 2. The Balaban J connectivity index is 1.77. The molecule has 0 aromatic heterocycles. The zero-order valence-corrected chi connectivity index (χ0v) is 12.1. The van der Waals surface area contributed by atoms with Crippen LogP contribution in [-0.2, 0) is 19.0 Å². The van der Waals surface area contributed by atoms with E-state index in [0.717, 1.165) is 5.56 Å². The molecule has 0 N–H and O–H groups in total. The van der Waals surface area contributed by atoms with E-state index < -0.39 is 6.29 Å². The van der Waals surface area contributed by atoms with Crippen LogP contribution in [0.3, 0.4) is 0 Å². The lowest BCUT2D eigenvalue weighted by Crippen LogP contribution is -2.22. The van der Waals surface area contributed by atoms with Gasteiger partial charge in [-0.2, -0.15) is 0 Å². The number of rotatable bonds is 4. The number of benzene rings is 1. The monoisotopic (exact) mass is 296 g/mol. The Labute approximate surface area is 121 Å². The molecule has 1 fully saturated rings. The number of carbonyl (C=O) groups excluding carboxylic acids is 2. The van der Waals surface area contributed by atoms with Crippen molar-refractivity contribution in [3.63, 3.8) is 0 Å². The first kappa shape index (κ1) is 14.9. The molecule has 0 bridgehead atoms. The number of esters is 2. The molecule has 0 amide bonds. The van der Waals surface area contributed by atoms with Crippen LogP contribution in [0.25, 0.3) is 0 Å². The van der Waals surface area contributed by atoms with Crippen LogP contribution in [0, 0.1) is 6.92 Å². The van der Waals surface area contributed by atoms with Gasteiger partial charge in [0.2, 0.25) is 6.29 Å². The third-order valence-electron chi connectivity index (χ3n) is 2.66. The molecule has 0 radical (unpaired) electrons. The Bertz CT molecular complexity index is 485. The van der Waals surface area contributed by atoms with Gasteiger partial charge in [-0.3, -0.25) is 4.79 Å². The summed E-state index contributed by atoms with van der Waals surface area (Å²) in [6, 6.07) is 7.16. The summed E-state index contributed by atoms with van der Waals surface area (Å²) in [6.45, 7) is 3.42. The first-order chi connectivity index (χ1) is 9.54. The minimum absolute atomic E-state index is 0.134. The maximum atomic E-state index is 11.8. The van der Waals surface area contributed by atoms with Crippen LogP contribution in [0.1, 0.15) is 22.8 Å². The van der Waals surface area contributed by atoms with E-state index in [1.165, 1.54) is 18.7 Å². The molecule has 1 heterocycles. The predicted octanol–water partition coefficient (Wildman–Crippen LogP) is 2.13. The van der Waals surface area contributed by atoms with Gasteiger partial charge in [0.25, 0.3) is 0 Å². The molecule has 1 aromatic rings. The lowest BCUT2D eigenvalue weighted by atomic mass is 10.1. The third kappa shape index (κ3) is 4.25. The maximum Gasteiger partial charge on any atom is 0.338 e. The second kappa shape index (κ2) is 6.76. The topological polar surface area (TPSA) is 61.8 Å². The van der Waals surface area contributed by atoms with E-state index in [2.05, 4.69) is 0 Å². The van der Waals surface area contributed by atoms with Crippen molar-refractivity contribution in [3.05, 3.63) is 35.4 Å². The summed E-state index contributed by atoms with van der Waals surface area (Å²) in [6.07, 6.45) is -0.555. The van der Waals surface area contributed by atoms with Gasteiger partial charge in [-0.15, -0.1) is 11.8 Å². The standard InChI is InChI=1S/C14H16O5S/c1-9-3-5-11(6-4-9)14(16)17-7-13-19-12(8-20-13)18-10(2)15/h3-6,12-13H,7-8H2,1-2H3. The van der Waals surface area contributed by atoms with Crippen molar-refractivity contribution in [2.75, 3.05) is 12.4 Å². The van der Waals surface area contributed by atoms with E-state index >= 15 is 0 Å². The highest BCUT2D eigenvalue weighted by atomic mass is 32.2. The molecule has 2 atom stereocenters. The molecule has 6 heteroatoms. The van der Waals surface area contributed by atoms with Crippen LogP contribution in [0.2, 0.25) is 0 Å². The van der Waals surface area contributed by atoms with Gasteiger partial charge in [0, 0.05) is 6.92 Å². The molecule has 108 valence electrons. The van der Waals surface area contributed by atoms with Crippen molar-refractivity contribution in [2.24, 2.45) is 0 Å². The Kier molecular flexibility index (Phi) is 5.03. The van der Waals surface area contributed by atoms with Gasteiger partial charge in [0.1, 0.15) is 12.0 Å². The average molecular weight is 296 g/mol. The van der Waals surface area contributed by atoms with Gasteiger partial charge in [-0.1, -0.05) is 17.7 Å². The van der Waals surface area contributed by atoms with Gasteiger partial charge < -0.3 is 14.2 Å². The number of aryl methyl sites for hydroxylation is 1. The van der Waals surface area contributed by atoms with Crippen molar-refractivity contribution in [2.45, 2.75) is 25.6 Å². The zero-order valence-electron chi connectivity index (χ0n) is 11.3. The molecule has 20 heavy (non-hydrogen) atoms. The van der Waals surface area contributed by atoms with Gasteiger partial charge in [-0.05, 0) is 19.1 Å². The van der Waals surface area contributed by atoms with Crippen molar-refractivity contribution in [1.29, 1.82) is 0 Å². The number of ether oxygens (including phenoxy) is 3. The van der Waals surface area contributed by atoms with Crippen LogP contribution in [0.15, 0.2) is 24.3 Å². The zero-order chi connectivity index (χ0) is 14.5. The van der Waals surface area contributed by atoms with Gasteiger partial charge in [0.15, 0.2) is 0 Å². The number of thioether (sulfide) groups is 1. The van der Waals surface area contributed by atoms with Crippen LogP contribution < -0.4 is 0 Å². The molecule has 1 saturated heterocycles. The molecular formula is C14H16O5S. The fraction of sp³-hybridized carbons (Fsp3) is 0.429. The van der Waals surface area contributed by atoms with E-state index in [-0.39, 0.29) is 24.0 Å². The largest absolute Gasteiger partial charge is 0.458 e. The number of hydrogen-bond acceptors (Lipinski definition) is 6. The maximum absolute atomic E-state index is 11.8. The molecule has 2 rings (SSSR count). The minimum Gasteiger partial charge on any atom is -0.458 e. The Morgan fingerprint density at radius 3 is 2.70 bits per heavy atom. The summed E-state index contributed by atoms with van der Waals surface area (Å²) >= 11 is 1.46. The molecule has 5 nitrogen and oxygen atoms in total. The van der Waals surface area contributed by atoms with Gasteiger partial charge >= 0.3 is 11.9 Å². The summed E-state index contributed by atoms with van der Waals surface area (Å²) in [7, 11) is 0. The highest BCUT2D eigenvalue weighted by molar-refractivity contribution is 8.00. The van der Waals surface area contributed by atoms with Crippen molar-refractivity contribution < 1.29 is 23.8 Å². The van der Waals surface area contributed by atoms with Crippen LogP contribution in [-0.4, -0.2) is 36.0 Å². The molecule has 0 aliphatic carbocycles. The van der Waals surface area contributed by atoms with E-state index in [1.54, 1.807) is 12.1 Å². The molecule has 1 aromatic carbocycles.